The van der Waals surface area contributed by atoms with Crippen LogP contribution in [0, 0.1) is 0 Å². The van der Waals surface area contributed by atoms with Crippen molar-refractivity contribution in [2.75, 3.05) is 53.4 Å². The minimum absolute atomic E-state index is 0.0932. The molecule has 2 aliphatic rings. The van der Waals surface area contributed by atoms with Crippen LogP contribution in [-0.2, 0) is 0 Å². The molecule has 18 heavy (non-hydrogen) atoms. The molecule has 0 spiro atoms. The molecule has 0 aromatic rings. The van der Waals surface area contributed by atoms with E-state index in [1.54, 1.807) is 11.9 Å². The molecule has 0 N–H and O–H groups in total. The van der Waals surface area contributed by atoms with Crippen molar-refractivity contribution < 1.29 is 8.78 Å². The van der Waals surface area contributed by atoms with Gasteiger partial charge in [-0.2, -0.15) is 0 Å². The Morgan fingerprint density at radius 3 is 1.94 bits per heavy atom. The molecule has 2 saturated heterocycles. The predicted octanol–water partition coefficient (Wildman–Crippen LogP) is 1.60. The zero-order valence-electron chi connectivity index (χ0n) is 12.1. The molecule has 0 bridgehead atoms. The number of alkyl halides is 2. The van der Waals surface area contributed by atoms with E-state index >= 15 is 0 Å². The average molecular weight is 263 g/mol. The first-order chi connectivity index (χ1) is 8.49. The van der Waals surface area contributed by atoms with Crippen LogP contribution in [0.25, 0.3) is 0 Å². The van der Waals surface area contributed by atoms with E-state index in [9.17, 15) is 8.78 Å². The maximum Gasteiger partial charge on any atom is 0.275 e. The van der Waals surface area contributed by atoms with Crippen LogP contribution in [0.5, 0.6) is 0 Å². The summed E-state index contributed by atoms with van der Waals surface area (Å²) in [5.74, 6) is -2.55. The lowest BCUT2D eigenvalue weighted by Crippen LogP contribution is -2.61. The topological polar surface area (TPSA) is 9.72 Å². The van der Waals surface area contributed by atoms with Gasteiger partial charge in [0, 0.05) is 26.2 Å². The fourth-order valence-corrected chi connectivity index (χ4v) is 2.68. The molecule has 0 saturated carbocycles. The normalized spacial score (nSPS) is 30.7. The van der Waals surface area contributed by atoms with Gasteiger partial charge in [-0.15, -0.1) is 0 Å². The van der Waals surface area contributed by atoms with Gasteiger partial charge in [0.05, 0.1) is 12.6 Å². The van der Waals surface area contributed by atoms with Crippen molar-refractivity contribution >= 4 is 0 Å². The minimum atomic E-state index is -2.55. The molecule has 3 nitrogen and oxygen atoms in total. The van der Waals surface area contributed by atoms with Crippen LogP contribution >= 0.6 is 0 Å². The SMILES string of the molecule is CC.CN1CCN(C2CCN(C)CC2(F)F)CC1. The summed E-state index contributed by atoms with van der Waals surface area (Å²) in [5, 5.41) is 0. The molecule has 1 unspecified atom stereocenters. The lowest BCUT2D eigenvalue weighted by molar-refractivity contribution is -0.128. The van der Waals surface area contributed by atoms with Crippen molar-refractivity contribution in [3.63, 3.8) is 0 Å². The summed E-state index contributed by atoms with van der Waals surface area (Å²) in [6.07, 6.45) is 0.590. The fraction of sp³-hybridized carbons (Fsp3) is 1.00. The van der Waals surface area contributed by atoms with E-state index in [1.807, 2.05) is 25.8 Å². The van der Waals surface area contributed by atoms with Gasteiger partial charge in [-0.1, -0.05) is 13.8 Å². The van der Waals surface area contributed by atoms with Gasteiger partial charge in [-0.25, -0.2) is 8.78 Å². The minimum Gasteiger partial charge on any atom is -0.304 e. The van der Waals surface area contributed by atoms with Crippen molar-refractivity contribution in [1.29, 1.82) is 0 Å². The first-order valence-corrected chi connectivity index (χ1v) is 6.98. The molecule has 0 radical (unpaired) electrons. The Morgan fingerprint density at radius 1 is 0.889 bits per heavy atom. The predicted molar refractivity (Wildman–Crippen MR) is 71.3 cm³/mol. The molecule has 0 aliphatic carbocycles. The molecule has 0 amide bonds. The number of likely N-dealkylation sites (N-methyl/N-ethyl adjacent to an activating group) is 1. The van der Waals surface area contributed by atoms with Crippen molar-refractivity contribution in [2.45, 2.75) is 32.2 Å². The molecule has 2 aliphatic heterocycles. The van der Waals surface area contributed by atoms with E-state index in [1.165, 1.54) is 0 Å². The molecule has 108 valence electrons. The number of hydrogen-bond acceptors (Lipinski definition) is 3. The quantitative estimate of drug-likeness (QED) is 0.711. The maximum atomic E-state index is 13.9. The van der Waals surface area contributed by atoms with E-state index in [0.717, 1.165) is 32.7 Å². The van der Waals surface area contributed by atoms with Gasteiger partial charge in [-0.05, 0) is 27.1 Å². The van der Waals surface area contributed by atoms with Crippen molar-refractivity contribution in [1.82, 2.24) is 14.7 Å². The Morgan fingerprint density at radius 2 is 1.44 bits per heavy atom. The highest BCUT2D eigenvalue weighted by atomic mass is 19.3. The molecule has 2 fully saturated rings. The van der Waals surface area contributed by atoms with Crippen LogP contribution in [0.3, 0.4) is 0 Å². The van der Waals surface area contributed by atoms with Gasteiger partial charge in [-0.3, -0.25) is 4.90 Å². The molecule has 2 heterocycles. The van der Waals surface area contributed by atoms with E-state index in [4.69, 9.17) is 0 Å². The second kappa shape index (κ2) is 6.78. The Labute approximate surface area is 110 Å². The smallest absolute Gasteiger partial charge is 0.275 e. The fourth-order valence-electron chi connectivity index (χ4n) is 2.68. The summed E-state index contributed by atoms with van der Waals surface area (Å²) in [7, 11) is 3.82. The Hall–Kier alpha value is -0.260. The number of rotatable bonds is 1. The monoisotopic (exact) mass is 263 g/mol. The largest absolute Gasteiger partial charge is 0.304 e. The van der Waals surface area contributed by atoms with Gasteiger partial charge in [0.25, 0.3) is 5.92 Å². The first-order valence-electron chi connectivity index (χ1n) is 6.98. The highest BCUT2D eigenvalue weighted by Crippen LogP contribution is 2.31. The molecule has 1 atom stereocenters. The third-order valence-electron chi connectivity index (χ3n) is 3.73. The summed E-state index contributed by atoms with van der Waals surface area (Å²) in [5.41, 5.74) is 0. The number of likely N-dealkylation sites (tertiary alicyclic amines) is 1. The standard InChI is InChI=1S/C11H21F2N3.C2H6/c1-14-5-7-16(8-6-14)10-3-4-15(2)9-11(10,12)13;1-2/h10H,3-9H2,1-2H3;1-2H3. The van der Waals surface area contributed by atoms with Crippen LogP contribution in [0.2, 0.25) is 0 Å². The third-order valence-corrected chi connectivity index (χ3v) is 3.73. The third kappa shape index (κ3) is 3.87. The number of halogens is 2. The maximum absolute atomic E-state index is 13.9. The Bertz CT molecular complexity index is 240. The molecular formula is C13H27F2N3. The summed E-state index contributed by atoms with van der Waals surface area (Å²) < 4.78 is 27.8. The molecule has 5 heteroatoms. The van der Waals surface area contributed by atoms with Crippen LogP contribution < -0.4 is 0 Å². The van der Waals surface area contributed by atoms with Crippen LogP contribution in [0.1, 0.15) is 20.3 Å². The summed E-state index contributed by atoms with van der Waals surface area (Å²) in [6.45, 7) is 8.06. The van der Waals surface area contributed by atoms with Crippen LogP contribution in [0.4, 0.5) is 8.78 Å². The number of nitrogens with zero attached hydrogens (tertiary/aromatic N) is 3. The number of piperazine rings is 1. The van der Waals surface area contributed by atoms with E-state index in [-0.39, 0.29) is 6.54 Å². The van der Waals surface area contributed by atoms with Crippen molar-refractivity contribution in [2.24, 2.45) is 0 Å². The van der Waals surface area contributed by atoms with E-state index < -0.39 is 12.0 Å². The molecule has 2 rings (SSSR count). The van der Waals surface area contributed by atoms with Crippen molar-refractivity contribution in [3.05, 3.63) is 0 Å². The highest BCUT2D eigenvalue weighted by molar-refractivity contribution is 4.93. The van der Waals surface area contributed by atoms with Gasteiger partial charge in [0.1, 0.15) is 0 Å². The Kier molecular flexibility index (Phi) is 5.95. The lowest BCUT2D eigenvalue weighted by Gasteiger charge is -2.45. The van der Waals surface area contributed by atoms with Crippen LogP contribution in [0.15, 0.2) is 0 Å². The number of hydrogen-bond donors (Lipinski definition) is 0. The summed E-state index contributed by atoms with van der Waals surface area (Å²) >= 11 is 0. The van der Waals surface area contributed by atoms with Crippen molar-refractivity contribution in [3.8, 4) is 0 Å². The summed E-state index contributed by atoms with van der Waals surface area (Å²) in [4.78, 5) is 5.91. The van der Waals surface area contributed by atoms with Crippen LogP contribution in [-0.4, -0.2) is 80.0 Å². The zero-order valence-corrected chi connectivity index (χ0v) is 12.1. The van der Waals surface area contributed by atoms with Gasteiger partial charge < -0.3 is 9.80 Å². The highest BCUT2D eigenvalue weighted by Gasteiger charge is 2.46. The van der Waals surface area contributed by atoms with E-state index in [0.29, 0.717) is 6.42 Å². The number of piperidine rings is 1. The Balaban J connectivity index is 0.000000771. The zero-order chi connectivity index (χ0) is 13.8. The molecular weight excluding hydrogens is 236 g/mol. The average Bonchev–Trinajstić information content (AvgIpc) is 2.32. The van der Waals surface area contributed by atoms with Gasteiger partial charge in [0.2, 0.25) is 0 Å². The van der Waals surface area contributed by atoms with Gasteiger partial charge >= 0.3 is 0 Å². The second-order valence-electron chi connectivity index (χ2n) is 5.14. The molecule has 0 aromatic carbocycles. The summed E-state index contributed by atoms with van der Waals surface area (Å²) in [6, 6.07) is -0.544. The van der Waals surface area contributed by atoms with Gasteiger partial charge in [0.15, 0.2) is 0 Å². The van der Waals surface area contributed by atoms with E-state index in [2.05, 4.69) is 4.90 Å². The second-order valence-corrected chi connectivity index (χ2v) is 5.14. The lowest BCUT2D eigenvalue weighted by atomic mass is 9.98. The first kappa shape index (κ1) is 15.8. The molecule has 0 aromatic heterocycles.